The van der Waals surface area contributed by atoms with Crippen molar-refractivity contribution >= 4 is 29.6 Å². The van der Waals surface area contributed by atoms with E-state index in [0.717, 1.165) is 5.56 Å². The maximum absolute atomic E-state index is 12.7. The smallest absolute Gasteiger partial charge is 0.408 e. The van der Waals surface area contributed by atoms with Crippen LogP contribution in [0.3, 0.4) is 0 Å². The highest BCUT2D eigenvalue weighted by molar-refractivity contribution is 6.30. The molecule has 7 nitrogen and oxygen atoms in total. The maximum Gasteiger partial charge on any atom is 0.408 e. The molecule has 1 unspecified atom stereocenters. The van der Waals surface area contributed by atoms with Gasteiger partial charge in [-0.3, -0.25) is 9.59 Å². The van der Waals surface area contributed by atoms with Gasteiger partial charge in [-0.05, 0) is 38.5 Å². The monoisotopic (exact) mass is 432 g/mol. The summed E-state index contributed by atoms with van der Waals surface area (Å²) in [5, 5.41) is 5.55. The summed E-state index contributed by atoms with van der Waals surface area (Å²) >= 11 is 5.91. The van der Waals surface area contributed by atoms with E-state index < -0.39 is 36.2 Å². The van der Waals surface area contributed by atoms with Crippen molar-refractivity contribution in [2.75, 3.05) is 6.54 Å². The normalized spacial score (nSPS) is 11.9. The molecular formula is C22H25ClN2O5. The number of esters is 1. The lowest BCUT2D eigenvalue weighted by Crippen LogP contribution is -2.38. The van der Waals surface area contributed by atoms with Gasteiger partial charge in [-0.2, -0.15) is 0 Å². The molecule has 0 heterocycles. The average molecular weight is 433 g/mol. The van der Waals surface area contributed by atoms with Crippen LogP contribution >= 0.6 is 11.6 Å². The highest BCUT2D eigenvalue weighted by atomic mass is 35.5. The van der Waals surface area contributed by atoms with E-state index in [9.17, 15) is 14.4 Å². The number of carbonyl (C=O) groups excluding carboxylic acids is 3. The predicted molar refractivity (Wildman–Crippen MR) is 113 cm³/mol. The lowest BCUT2D eigenvalue weighted by atomic mass is 10.1. The van der Waals surface area contributed by atoms with E-state index in [-0.39, 0.29) is 6.54 Å². The summed E-state index contributed by atoms with van der Waals surface area (Å²) in [7, 11) is 0. The molecule has 2 aromatic rings. The number of alkyl carbamates (subject to hydrolysis) is 1. The van der Waals surface area contributed by atoms with Gasteiger partial charge in [0.1, 0.15) is 12.1 Å². The van der Waals surface area contributed by atoms with Crippen LogP contribution < -0.4 is 10.6 Å². The number of carbonyl (C=O) groups is 3. The zero-order chi connectivity index (χ0) is 22.1. The molecule has 0 fully saturated rings. The van der Waals surface area contributed by atoms with Crippen LogP contribution in [0, 0.1) is 0 Å². The number of nitrogens with one attached hydrogen (secondary N) is 2. The molecule has 0 aliphatic carbocycles. The standard InChI is InChI=1S/C22H25ClN2O5/c1-22(2,3)30-21(28)25-14-18(26)29-19(16-9-11-17(23)12-10-16)20(27)24-13-15-7-5-4-6-8-15/h4-12,19H,13-14H2,1-3H3,(H,24,27)(H,25,28). The van der Waals surface area contributed by atoms with Gasteiger partial charge < -0.3 is 20.1 Å². The molecule has 0 radical (unpaired) electrons. The molecule has 1 atom stereocenters. The Bertz CT molecular complexity index is 863. The van der Waals surface area contributed by atoms with Crippen LogP contribution in [0.15, 0.2) is 54.6 Å². The Labute approximate surface area is 180 Å². The summed E-state index contributed by atoms with van der Waals surface area (Å²) < 4.78 is 10.4. The topological polar surface area (TPSA) is 93.7 Å². The van der Waals surface area contributed by atoms with E-state index in [2.05, 4.69) is 10.6 Å². The first kappa shape index (κ1) is 23.2. The Morgan fingerprint density at radius 2 is 1.60 bits per heavy atom. The molecule has 30 heavy (non-hydrogen) atoms. The van der Waals surface area contributed by atoms with Crippen molar-refractivity contribution in [1.29, 1.82) is 0 Å². The number of amides is 2. The van der Waals surface area contributed by atoms with E-state index in [1.54, 1.807) is 45.0 Å². The Balaban J connectivity index is 2.02. The van der Waals surface area contributed by atoms with Gasteiger partial charge in [-0.15, -0.1) is 0 Å². The van der Waals surface area contributed by atoms with Gasteiger partial charge in [0.2, 0.25) is 6.10 Å². The van der Waals surface area contributed by atoms with Gasteiger partial charge in [-0.25, -0.2) is 4.79 Å². The fourth-order valence-corrected chi connectivity index (χ4v) is 2.55. The van der Waals surface area contributed by atoms with Crippen LogP contribution in [0.5, 0.6) is 0 Å². The summed E-state index contributed by atoms with van der Waals surface area (Å²) in [4.78, 5) is 36.7. The molecule has 8 heteroatoms. The first-order chi connectivity index (χ1) is 14.1. The fourth-order valence-electron chi connectivity index (χ4n) is 2.42. The van der Waals surface area contributed by atoms with Crippen LogP contribution in [-0.4, -0.2) is 30.1 Å². The zero-order valence-electron chi connectivity index (χ0n) is 17.1. The lowest BCUT2D eigenvalue weighted by Gasteiger charge is -2.20. The molecule has 0 aliphatic heterocycles. The first-order valence-corrected chi connectivity index (χ1v) is 9.75. The lowest BCUT2D eigenvalue weighted by molar-refractivity contribution is -0.155. The molecule has 0 saturated carbocycles. The molecule has 2 rings (SSSR count). The number of hydrogen-bond acceptors (Lipinski definition) is 5. The van der Waals surface area contributed by atoms with Crippen molar-refractivity contribution in [1.82, 2.24) is 10.6 Å². The second-order valence-corrected chi connectivity index (χ2v) is 7.92. The number of benzene rings is 2. The minimum Gasteiger partial charge on any atom is -0.446 e. The molecule has 0 bridgehead atoms. The Hall–Kier alpha value is -3.06. The van der Waals surface area contributed by atoms with Crippen molar-refractivity contribution in [3.8, 4) is 0 Å². The summed E-state index contributed by atoms with van der Waals surface area (Å²) in [6, 6.07) is 15.7. The minimum atomic E-state index is -1.20. The SMILES string of the molecule is CC(C)(C)OC(=O)NCC(=O)OC(C(=O)NCc1ccccc1)c1ccc(Cl)cc1. The number of rotatable bonds is 7. The van der Waals surface area contributed by atoms with Gasteiger partial charge in [0.15, 0.2) is 0 Å². The Morgan fingerprint density at radius 3 is 2.20 bits per heavy atom. The van der Waals surface area contributed by atoms with E-state index in [1.165, 1.54) is 0 Å². The molecule has 160 valence electrons. The highest BCUT2D eigenvalue weighted by Gasteiger charge is 2.25. The van der Waals surface area contributed by atoms with Gasteiger partial charge in [0, 0.05) is 17.1 Å². The van der Waals surface area contributed by atoms with E-state index in [4.69, 9.17) is 21.1 Å². The first-order valence-electron chi connectivity index (χ1n) is 9.37. The van der Waals surface area contributed by atoms with Crippen molar-refractivity contribution in [3.05, 3.63) is 70.7 Å². The number of hydrogen-bond donors (Lipinski definition) is 2. The third-order valence-electron chi connectivity index (χ3n) is 3.75. The van der Waals surface area contributed by atoms with E-state index >= 15 is 0 Å². The van der Waals surface area contributed by atoms with E-state index in [0.29, 0.717) is 10.6 Å². The van der Waals surface area contributed by atoms with Crippen LogP contribution in [0.4, 0.5) is 4.79 Å². The van der Waals surface area contributed by atoms with Gasteiger partial charge in [0.25, 0.3) is 5.91 Å². The summed E-state index contributed by atoms with van der Waals surface area (Å²) in [5.41, 5.74) is 0.658. The van der Waals surface area contributed by atoms with Crippen molar-refractivity contribution in [2.24, 2.45) is 0 Å². The van der Waals surface area contributed by atoms with Gasteiger partial charge in [0.05, 0.1) is 0 Å². The Morgan fingerprint density at radius 1 is 0.967 bits per heavy atom. The quantitative estimate of drug-likeness (QED) is 0.649. The second kappa shape index (κ2) is 10.6. The van der Waals surface area contributed by atoms with Crippen molar-refractivity contribution in [2.45, 2.75) is 39.0 Å². The van der Waals surface area contributed by atoms with E-state index in [1.807, 2.05) is 30.3 Å². The number of halogens is 1. The summed E-state index contributed by atoms with van der Waals surface area (Å²) in [5.74, 6) is -1.28. The van der Waals surface area contributed by atoms with Gasteiger partial charge in [-0.1, -0.05) is 54.1 Å². The molecule has 2 amide bonds. The highest BCUT2D eigenvalue weighted by Crippen LogP contribution is 2.21. The van der Waals surface area contributed by atoms with Crippen LogP contribution in [-0.2, 0) is 25.6 Å². The molecule has 2 N–H and O–H groups in total. The molecule has 0 aromatic heterocycles. The second-order valence-electron chi connectivity index (χ2n) is 7.48. The third-order valence-corrected chi connectivity index (χ3v) is 4.00. The largest absolute Gasteiger partial charge is 0.446 e. The Kier molecular flexibility index (Phi) is 8.24. The minimum absolute atomic E-state index is 0.275. The predicted octanol–water partition coefficient (Wildman–Crippen LogP) is 3.77. The van der Waals surface area contributed by atoms with Gasteiger partial charge >= 0.3 is 12.1 Å². The zero-order valence-corrected chi connectivity index (χ0v) is 17.9. The molecular weight excluding hydrogens is 408 g/mol. The molecule has 2 aromatic carbocycles. The molecule has 0 aliphatic rings. The number of ether oxygens (including phenoxy) is 2. The van der Waals surface area contributed by atoms with Crippen LogP contribution in [0.2, 0.25) is 5.02 Å². The summed E-state index contributed by atoms with van der Waals surface area (Å²) in [6.45, 7) is 4.96. The summed E-state index contributed by atoms with van der Waals surface area (Å²) in [6.07, 6.45) is -1.95. The fraction of sp³-hybridized carbons (Fsp3) is 0.318. The van der Waals surface area contributed by atoms with Crippen molar-refractivity contribution < 1.29 is 23.9 Å². The average Bonchev–Trinajstić information content (AvgIpc) is 2.69. The third kappa shape index (κ3) is 8.13. The maximum atomic E-state index is 12.7. The molecule has 0 saturated heterocycles. The van der Waals surface area contributed by atoms with Crippen LogP contribution in [0.25, 0.3) is 0 Å². The molecule has 0 spiro atoms. The van der Waals surface area contributed by atoms with Crippen LogP contribution in [0.1, 0.15) is 38.0 Å². The van der Waals surface area contributed by atoms with Crippen molar-refractivity contribution in [3.63, 3.8) is 0 Å².